The van der Waals surface area contributed by atoms with Crippen LogP contribution in [0.1, 0.15) is 43.2 Å². The molecule has 9 heteroatoms. The van der Waals surface area contributed by atoms with Crippen LogP contribution >= 0.6 is 23.5 Å². The van der Waals surface area contributed by atoms with Crippen LogP contribution in [-0.2, 0) is 8.82 Å². The summed E-state index contributed by atoms with van der Waals surface area (Å²) in [5.41, 5.74) is 1.26. The number of anilines is 1. The van der Waals surface area contributed by atoms with Crippen molar-refractivity contribution in [3.05, 3.63) is 70.7 Å². The maximum absolute atomic E-state index is 12.6. The van der Waals surface area contributed by atoms with Crippen molar-refractivity contribution in [3.8, 4) is 0 Å². The summed E-state index contributed by atoms with van der Waals surface area (Å²) in [5.74, 6) is 5.64. The number of thioether (sulfide) groups is 2. The fourth-order valence-electron chi connectivity index (χ4n) is 2.89. The van der Waals surface area contributed by atoms with Crippen LogP contribution in [0.2, 0.25) is 0 Å². The summed E-state index contributed by atoms with van der Waals surface area (Å²) in [5, 5.41) is 8.00. The molecule has 0 unspecified atom stereocenters. The Morgan fingerprint density at radius 2 is 1.81 bits per heavy atom. The quantitative estimate of drug-likeness (QED) is 0.370. The predicted molar refractivity (Wildman–Crippen MR) is 127 cm³/mol. The largest absolute Gasteiger partial charge is 0.442 e. The molecule has 3 rings (SSSR count). The maximum Gasteiger partial charge on any atom is 0.429 e. The number of rotatable bonds is 6. The van der Waals surface area contributed by atoms with Gasteiger partial charge >= 0.3 is 6.09 Å². The number of hydrogen-bond acceptors (Lipinski definition) is 7. The average Bonchev–Trinajstić information content (AvgIpc) is 3.23. The van der Waals surface area contributed by atoms with E-state index in [0.29, 0.717) is 17.8 Å². The van der Waals surface area contributed by atoms with E-state index in [1.165, 1.54) is 0 Å². The molecule has 0 spiro atoms. The molecule has 1 aromatic heterocycles. The third-order valence-electron chi connectivity index (χ3n) is 4.37. The normalized spacial score (nSPS) is 14.8. The lowest BCUT2D eigenvalue weighted by atomic mass is 10.1. The van der Waals surface area contributed by atoms with Gasteiger partial charge in [0.15, 0.2) is 0 Å². The van der Waals surface area contributed by atoms with Gasteiger partial charge in [0, 0.05) is 18.3 Å². The van der Waals surface area contributed by atoms with E-state index in [1.54, 1.807) is 74.8 Å². The topological polar surface area (TPSA) is 97.5 Å². The van der Waals surface area contributed by atoms with Crippen LogP contribution in [0.4, 0.5) is 10.5 Å². The molecular formula is C22H26N4O3S2. The van der Waals surface area contributed by atoms with E-state index in [4.69, 9.17) is 10.6 Å². The highest BCUT2D eigenvalue weighted by atomic mass is 32.2. The highest BCUT2D eigenvalue weighted by Gasteiger charge is 2.36. The first-order chi connectivity index (χ1) is 14.7. The Kier molecular flexibility index (Phi) is 7.30. The van der Waals surface area contributed by atoms with Gasteiger partial charge in [-0.3, -0.25) is 9.78 Å². The second-order valence-electron chi connectivity index (χ2n) is 7.88. The van der Waals surface area contributed by atoms with Gasteiger partial charge in [-0.25, -0.2) is 15.6 Å². The van der Waals surface area contributed by atoms with Crippen LogP contribution in [0.25, 0.3) is 0 Å². The summed E-state index contributed by atoms with van der Waals surface area (Å²) in [6.45, 7) is 5.80. The third-order valence-corrected chi connectivity index (χ3v) is 7.25. The van der Waals surface area contributed by atoms with Gasteiger partial charge in [-0.1, -0.05) is 6.07 Å². The van der Waals surface area contributed by atoms with Gasteiger partial charge < -0.3 is 10.1 Å². The summed E-state index contributed by atoms with van der Waals surface area (Å²) in [4.78, 5) is 29.1. The lowest BCUT2D eigenvalue weighted by Crippen LogP contribution is -2.41. The summed E-state index contributed by atoms with van der Waals surface area (Å²) < 4.78 is 5.02. The number of hydrazine groups is 1. The van der Waals surface area contributed by atoms with Crippen LogP contribution < -0.4 is 16.2 Å². The lowest BCUT2D eigenvalue weighted by molar-refractivity contribution is 0.0580. The Labute approximate surface area is 190 Å². The number of nitrogens with zero attached hydrogens (tertiary/aromatic N) is 2. The minimum Gasteiger partial charge on any atom is -0.442 e. The number of aromatic nitrogens is 1. The van der Waals surface area contributed by atoms with Crippen molar-refractivity contribution in [2.75, 3.05) is 11.6 Å². The first-order valence-corrected chi connectivity index (χ1v) is 11.5. The van der Waals surface area contributed by atoms with Crippen molar-refractivity contribution < 1.29 is 14.3 Å². The van der Waals surface area contributed by atoms with Crippen LogP contribution in [0.15, 0.2) is 59.5 Å². The van der Waals surface area contributed by atoms with E-state index in [1.807, 2.05) is 18.2 Å². The van der Waals surface area contributed by atoms with Gasteiger partial charge in [0.1, 0.15) is 9.68 Å². The van der Waals surface area contributed by atoms with E-state index in [-0.39, 0.29) is 9.99 Å². The standard InChI is InChI=1S/C22H26N4O3S2/c1-21(2,3)29-20(28)26(23)17-9-7-16(8-10-17)19(27)25-13-11-22(30-14-15-31-22)18-6-4-5-12-24-18/h4-10,12,14-15H,11,13,23H2,1-3H3,(H,25,27). The number of hydrogen-bond donors (Lipinski definition) is 2. The third kappa shape index (κ3) is 6.03. The van der Waals surface area contributed by atoms with E-state index in [2.05, 4.69) is 21.1 Å². The SMILES string of the molecule is CC(C)(C)OC(=O)N(N)c1ccc(C(=O)NCCC2(c3ccccn3)SC=CS2)cc1. The summed E-state index contributed by atoms with van der Waals surface area (Å²) in [6.07, 6.45) is 1.85. The number of carbonyl (C=O) groups excluding carboxylic acids is 2. The molecule has 1 aliphatic rings. The molecule has 0 aliphatic carbocycles. The second kappa shape index (κ2) is 9.76. The Morgan fingerprint density at radius 1 is 1.13 bits per heavy atom. The molecular weight excluding hydrogens is 432 g/mol. The minimum absolute atomic E-state index is 0.190. The lowest BCUT2D eigenvalue weighted by Gasteiger charge is -2.26. The smallest absolute Gasteiger partial charge is 0.429 e. The number of carbonyl (C=O) groups is 2. The van der Waals surface area contributed by atoms with E-state index < -0.39 is 11.7 Å². The Hall–Kier alpha value is -2.49. The molecule has 3 N–H and O–H groups in total. The Morgan fingerprint density at radius 3 is 2.39 bits per heavy atom. The van der Waals surface area contributed by atoms with Crippen molar-refractivity contribution >= 4 is 41.2 Å². The molecule has 0 saturated heterocycles. The number of pyridine rings is 1. The molecule has 2 amide bonds. The number of amides is 2. The molecule has 0 atom stereocenters. The Balaban J connectivity index is 1.57. The predicted octanol–water partition coefficient (Wildman–Crippen LogP) is 4.62. The highest BCUT2D eigenvalue weighted by molar-refractivity contribution is 8.22. The zero-order valence-corrected chi connectivity index (χ0v) is 19.3. The second-order valence-corrected chi connectivity index (χ2v) is 10.5. The summed E-state index contributed by atoms with van der Waals surface area (Å²) in [6, 6.07) is 12.4. The highest BCUT2D eigenvalue weighted by Crippen LogP contribution is 2.54. The van der Waals surface area contributed by atoms with E-state index in [0.717, 1.165) is 17.1 Å². The summed E-state index contributed by atoms with van der Waals surface area (Å²) in [7, 11) is 0. The monoisotopic (exact) mass is 458 g/mol. The zero-order valence-electron chi connectivity index (χ0n) is 17.7. The van der Waals surface area contributed by atoms with Gasteiger partial charge in [0.2, 0.25) is 0 Å². The first-order valence-electron chi connectivity index (χ1n) is 9.78. The zero-order chi connectivity index (χ0) is 22.5. The molecule has 0 fully saturated rings. The fraction of sp³-hybridized carbons (Fsp3) is 0.318. The van der Waals surface area contributed by atoms with Crippen LogP contribution in [0.3, 0.4) is 0 Å². The van der Waals surface area contributed by atoms with Crippen molar-refractivity contribution in [1.29, 1.82) is 0 Å². The fourth-order valence-corrected chi connectivity index (χ4v) is 5.25. The van der Waals surface area contributed by atoms with E-state index >= 15 is 0 Å². The van der Waals surface area contributed by atoms with Crippen molar-refractivity contribution in [3.63, 3.8) is 0 Å². The minimum atomic E-state index is -0.662. The molecule has 0 saturated carbocycles. The van der Waals surface area contributed by atoms with E-state index in [9.17, 15) is 9.59 Å². The molecule has 2 aromatic rings. The molecule has 2 heterocycles. The van der Waals surface area contributed by atoms with Crippen molar-refractivity contribution in [2.24, 2.45) is 5.84 Å². The van der Waals surface area contributed by atoms with Gasteiger partial charge in [-0.2, -0.15) is 0 Å². The first kappa shape index (κ1) is 23.2. The molecule has 0 radical (unpaired) electrons. The summed E-state index contributed by atoms with van der Waals surface area (Å²) >= 11 is 3.41. The molecule has 1 aromatic carbocycles. The number of nitrogens with one attached hydrogen (secondary N) is 1. The van der Waals surface area contributed by atoms with Crippen molar-refractivity contribution in [1.82, 2.24) is 10.3 Å². The van der Waals surface area contributed by atoms with Gasteiger partial charge in [-0.05, 0) is 74.4 Å². The maximum atomic E-state index is 12.6. The van der Waals surface area contributed by atoms with Gasteiger partial charge in [-0.15, -0.1) is 23.5 Å². The Bertz CT molecular complexity index is 935. The number of nitrogens with two attached hydrogens (primary N) is 1. The average molecular weight is 459 g/mol. The van der Waals surface area contributed by atoms with Gasteiger partial charge in [0.05, 0.1) is 11.4 Å². The molecule has 31 heavy (non-hydrogen) atoms. The van der Waals surface area contributed by atoms with Gasteiger partial charge in [0.25, 0.3) is 5.91 Å². The van der Waals surface area contributed by atoms with Crippen LogP contribution in [0, 0.1) is 0 Å². The number of benzene rings is 1. The molecule has 0 bridgehead atoms. The molecule has 1 aliphatic heterocycles. The molecule has 164 valence electrons. The van der Waals surface area contributed by atoms with Crippen LogP contribution in [-0.4, -0.2) is 29.1 Å². The number of ether oxygens (including phenoxy) is 1. The van der Waals surface area contributed by atoms with Crippen LogP contribution in [0.5, 0.6) is 0 Å². The van der Waals surface area contributed by atoms with Crippen molar-refractivity contribution in [2.45, 2.75) is 36.9 Å². The molecule has 7 nitrogen and oxygen atoms in total.